The number of piperidine rings is 1. The summed E-state index contributed by atoms with van der Waals surface area (Å²) in [6, 6.07) is 13.8. The van der Waals surface area contributed by atoms with Gasteiger partial charge in [0, 0.05) is 47.2 Å². The molecule has 4 aromatic rings. The van der Waals surface area contributed by atoms with Gasteiger partial charge in [-0.3, -0.25) is 9.78 Å². The van der Waals surface area contributed by atoms with Gasteiger partial charge in [-0.2, -0.15) is 11.3 Å². The van der Waals surface area contributed by atoms with Crippen LogP contribution in [0.5, 0.6) is 0 Å². The second kappa shape index (κ2) is 7.95. The molecule has 0 bridgehead atoms. The highest BCUT2D eigenvalue weighted by molar-refractivity contribution is 7.08. The van der Waals surface area contributed by atoms with Crippen molar-refractivity contribution in [2.45, 2.75) is 25.7 Å². The van der Waals surface area contributed by atoms with Gasteiger partial charge in [0.2, 0.25) is 0 Å². The van der Waals surface area contributed by atoms with E-state index in [0.29, 0.717) is 18.7 Å². The van der Waals surface area contributed by atoms with Crippen LogP contribution in [0, 0.1) is 6.92 Å². The zero-order valence-electron chi connectivity index (χ0n) is 16.8. The van der Waals surface area contributed by atoms with Crippen LogP contribution in [0.1, 0.15) is 40.6 Å². The maximum Gasteiger partial charge on any atom is 0.256 e. The van der Waals surface area contributed by atoms with E-state index in [2.05, 4.69) is 21.8 Å². The van der Waals surface area contributed by atoms with E-state index in [-0.39, 0.29) is 11.8 Å². The Bertz CT molecular complexity index is 1190. The highest BCUT2D eigenvalue weighted by atomic mass is 32.1. The molecule has 0 spiro atoms. The summed E-state index contributed by atoms with van der Waals surface area (Å²) in [5, 5.41) is 5.18. The van der Waals surface area contributed by atoms with Crippen molar-refractivity contribution in [1.82, 2.24) is 19.9 Å². The standard InChI is InChI=1S/C24H22N4OS/c1-16-14-21(19-9-13-30-15-19)27-23(26-16)18-7-11-28(12-8-18)24(29)20-6-2-4-17-5-3-10-25-22(17)20/h2-6,9-10,13-15,18H,7-8,11-12H2,1H3. The van der Waals surface area contributed by atoms with Crippen LogP contribution in [-0.4, -0.2) is 38.8 Å². The van der Waals surface area contributed by atoms with Gasteiger partial charge in [0.05, 0.1) is 16.8 Å². The highest BCUT2D eigenvalue weighted by Crippen LogP contribution is 2.30. The molecule has 3 aromatic heterocycles. The van der Waals surface area contributed by atoms with Crippen molar-refractivity contribution in [3.63, 3.8) is 0 Å². The number of likely N-dealkylation sites (tertiary alicyclic amines) is 1. The molecule has 4 heterocycles. The number of pyridine rings is 1. The molecule has 1 aliphatic rings. The fraction of sp³-hybridized carbons (Fsp3) is 0.250. The number of nitrogens with zero attached hydrogens (tertiary/aromatic N) is 4. The molecule has 1 saturated heterocycles. The number of carbonyl (C=O) groups excluding carboxylic acids is 1. The Morgan fingerprint density at radius 2 is 1.93 bits per heavy atom. The number of hydrogen-bond donors (Lipinski definition) is 0. The predicted molar refractivity (Wildman–Crippen MR) is 120 cm³/mol. The maximum absolute atomic E-state index is 13.2. The SMILES string of the molecule is Cc1cc(-c2ccsc2)nc(C2CCN(C(=O)c3cccc4cccnc34)CC2)n1. The number of fused-ring (bicyclic) bond motifs is 1. The van der Waals surface area contributed by atoms with Gasteiger partial charge in [-0.25, -0.2) is 9.97 Å². The van der Waals surface area contributed by atoms with Crippen LogP contribution in [0.2, 0.25) is 0 Å². The molecule has 0 saturated carbocycles. The van der Waals surface area contributed by atoms with E-state index in [0.717, 1.165) is 46.5 Å². The Labute approximate surface area is 179 Å². The van der Waals surface area contributed by atoms with Crippen LogP contribution in [0.25, 0.3) is 22.2 Å². The number of aryl methyl sites for hydroxylation is 1. The van der Waals surface area contributed by atoms with Gasteiger partial charge in [0.1, 0.15) is 5.82 Å². The number of rotatable bonds is 3. The minimum atomic E-state index is 0.0573. The molecule has 0 atom stereocenters. The molecular weight excluding hydrogens is 392 g/mol. The average molecular weight is 415 g/mol. The lowest BCUT2D eigenvalue weighted by molar-refractivity contribution is 0.0713. The smallest absolute Gasteiger partial charge is 0.256 e. The number of aromatic nitrogens is 3. The van der Waals surface area contributed by atoms with Crippen molar-refractivity contribution in [2.75, 3.05) is 13.1 Å². The third-order valence-corrected chi connectivity index (χ3v) is 6.38. The van der Waals surface area contributed by atoms with E-state index in [1.165, 1.54) is 0 Å². The molecule has 150 valence electrons. The molecule has 30 heavy (non-hydrogen) atoms. The van der Waals surface area contributed by atoms with Crippen molar-refractivity contribution >= 4 is 28.1 Å². The second-order valence-electron chi connectivity index (χ2n) is 7.71. The van der Waals surface area contributed by atoms with Crippen LogP contribution >= 0.6 is 11.3 Å². The van der Waals surface area contributed by atoms with Crippen LogP contribution in [-0.2, 0) is 0 Å². The summed E-state index contributed by atoms with van der Waals surface area (Å²) in [7, 11) is 0. The quantitative estimate of drug-likeness (QED) is 0.469. The zero-order valence-corrected chi connectivity index (χ0v) is 17.6. The third-order valence-electron chi connectivity index (χ3n) is 5.70. The lowest BCUT2D eigenvalue weighted by Gasteiger charge is -2.31. The van der Waals surface area contributed by atoms with Crippen molar-refractivity contribution in [3.8, 4) is 11.3 Å². The van der Waals surface area contributed by atoms with Gasteiger partial charge < -0.3 is 4.90 Å². The van der Waals surface area contributed by atoms with Gasteiger partial charge in [-0.05, 0) is 49.4 Å². The summed E-state index contributed by atoms with van der Waals surface area (Å²) in [4.78, 5) is 29.1. The molecule has 5 rings (SSSR count). The summed E-state index contributed by atoms with van der Waals surface area (Å²) >= 11 is 1.67. The molecule has 6 heteroatoms. The number of carbonyl (C=O) groups is 1. The molecular formula is C24H22N4OS. The first-order chi connectivity index (χ1) is 14.7. The van der Waals surface area contributed by atoms with Crippen molar-refractivity contribution in [3.05, 3.63) is 76.5 Å². The Balaban J connectivity index is 1.34. The van der Waals surface area contributed by atoms with E-state index in [9.17, 15) is 4.79 Å². The summed E-state index contributed by atoms with van der Waals surface area (Å²) in [5.41, 5.74) is 4.57. The number of amides is 1. The number of benzene rings is 1. The highest BCUT2D eigenvalue weighted by Gasteiger charge is 2.27. The van der Waals surface area contributed by atoms with E-state index in [1.807, 2.05) is 48.2 Å². The van der Waals surface area contributed by atoms with Gasteiger partial charge >= 0.3 is 0 Å². The van der Waals surface area contributed by atoms with Crippen molar-refractivity contribution < 1.29 is 4.79 Å². The van der Waals surface area contributed by atoms with E-state index in [4.69, 9.17) is 9.97 Å². The van der Waals surface area contributed by atoms with Crippen LogP contribution in [0.4, 0.5) is 0 Å². The van der Waals surface area contributed by atoms with Gasteiger partial charge in [-0.15, -0.1) is 0 Å². The first-order valence-corrected chi connectivity index (χ1v) is 11.1. The predicted octanol–water partition coefficient (Wildman–Crippen LogP) is 5.08. The Hall–Kier alpha value is -3.12. The van der Waals surface area contributed by atoms with Crippen LogP contribution in [0.15, 0.2) is 59.4 Å². The number of hydrogen-bond acceptors (Lipinski definition) is 5. The third kappa shape index (κ3) is 3.59. The molecule has 0 radical (unpaired) electrons. The van der Waals surface area contributed by atoms with Gasteiger partial charge in [0.25, 0.3) is 5.91 Å². The average Bonchev–Trinajstić information content (AvgIpc) is 3.33. The Morgan fingerprint density at radius 1 is 1.10 bits per heavy atom. The van der Waals surface area contributed by atoms with Crippen molar-refractivity contribution in [1.29, 1.82) is 0 Å². The first-order valence-electron chi connectivity index (χ1n) is 10.2. The second-order valence-corrected chi connectivity index (χ2v) is 8.49. The van der Waals surface area contributed by atoms with Crippen LogP contribution < -0.4 is 0 Å². The summed E-state index contributed by atoms with van der Waals surface area (Å²) in [6.07, 6.45) is 3.48. The fourth-order valence-corrected chi connectivity index (χ4v) is 4.77. The monoisotopic (exact) mass is 414 g/mol. The topological polar surface area (TPSA) is 59.0 Å². The molecule has 1 amide bonds. The van der Waals surface area contributed by atoms with E-state index >= 15 is 0 Å². The number of thiophene rings is 1. The van der Waals surface area contributed by atoms with Gasteiger partial charge in [0.15, 0.2) is 0 Å². The van der Waals surface area contributed by atoms with Crippen molar-refractivity contribution in [2.24, 2.45) is 0 Å². The lowest BCUT2D eigenvalue weighted by Crippen LogP contribution is -2.38. The number of para-hydroxylation sites is 1. The lowest BCUT2D eigenvalue weighted by atomic mass is 9.95. The molecule has 1 fully saturated rings. The molecule has 1 aromatic carbocycles. The Kier molecular flexibility index (Phi) is 5.01. The normalized spacial score (nSPS) is 14.9. The fourth-order valence-electron chi connectivity index (χ4n) is 4.12. The maximum atomic E-state index is 13.2. The first kappa shape index (κ1) is 18.9. The molecule has 0 unspecified atom stereocenters. The summed E-state index contributed by atoms with van der Waals surface area (Å²) in [5.74, 6) is 1.23. The Morgan fingerprint density at radius 3 is 2.73 bits per heavy atom. The molecule has 0 aliphatic carbocycles. The molecule has 5 nitrogen and oxygen atoms in total. The van der Waals surface area contributed by atoms with E-state index in [1.54, 1.807) is 17.5 Å². The minimum Gasteiger partial charge on any atom is -0.339 e. The van der Waals surface area contributed by atoms with Gasteiger partial charge in [-0.1, -0.05) is 18.2 Å². The van der Waals surface area contributed by atoms with E-state index < -0.39 is 0 Å². The molecule has 1 aliphatic heterocycles. The largest absolute Gasteiger partial charge is 0.339 e. The summed E-state index contributed by atoms with van der Waals surface area (Å²) < 4.78 is 0. The zero-order chi connectivity index (χ0) is 20.5. The molecule has 0 N–H and O–H groups in total. The summed E-state index contributed by atoms with van der Waals surface area (Å²) in [6.45, 7) is 3.43. The minimum absolute atomic E-state index is 0.0573. The van der Waals surface area contributed by atoms with Crippen LogP contribution in [0.3, 0.4) is 0 Å².